The van der Waals surface area contributed by atoms with Gasteiger partial charge in [-0.2, -0.15) is 9.29 Å². The largest absolute Gasteiger partial charge is 0.339 e. The number of carbonyl (C=O) groups is 1. The third kappa shape index (κ3) is 4.52. The molecule has 0 saturated carbocycles. The Morgan fingerprint density at radius 2 is 1.94 bits per heavy atom. The van der Waals surface area contributed by atoms with Gasteiger partial charge in [0.15, 0.2) is 0 Å². The topological polar surface area (TPSA) is 105 Å². The number of carbonyl (C=O) groups excluding carboxylic acids is 1. The average molecular weight is 479 g/mol. The second-order valence-corrected chi connectivity index (χ2v) is 9.74. The third-order valence-corrected chi connectivity index (χ3v) is 7.67. The summed E-state index contributed by atoms with van der Waals surface area (Å²) in [5.74, 6) is -0.661. The number of anilines is 1. The molecule has 0 aliphatic carbocycles. The van der Waals surface area contributed by atoms with Gasteiger partial charge in [0.05, 0.1) is 10.7 Å². The monoisotopic (exact) mass is 478 g/mol. The van der Waals surface area contributed by atoms with Gasteiger partial charge >= 0.3 is 0 Å². The Bertz CT molecular complexity index is 1260. The molecule has 2 aromatic carbocycles. The molecule has 1 aliphatic heterocycles. The molecule has 1 aliphatic rings. The number of aryl methyl sites for hydroxylation is 1. The Morgan fingerprint density at radius 3 is 2.59 bits per heavy atom. The zero-order valence-corrected chi connectivity index (χ0v) is 18.7. The SMILES string of the molecule is Cc1nc(-c2ccc(Cl)c(S(=O)(=O)N3CCC(C(=O)Nc4ccccc4F)CC3)c2)no1. The molecule has 0 spiro atoms. The van der Waals surface area contributed by atoms with Crippen molar-refractivity contribution in [2.24, 2.45) is 5.92 Å². The lowest BCUT2D eigenvalue weighted by Gasteiger charge is -2.30. The molecule has 8 nitrogen and oxygen atoms in total. The van der Waals surface area contributed by atoms with Crippen molar-refractivity contribution in [3.8, 4) is 11.4 Å². The Labute approximate surface area is 189 Å². The highest BCUT2D eigenvalue weighted by atomic mass is 35.5. The Balaban J connectivity index is 1.47. The van der Waals surface area contributed by atoms with E-state index in [9.17, 15) is 17.6 Å². The number of nitrogens with zero attached hydrogens (tertiary/aromatic N) is 3. The van der Waals surface area contributed by atoms with Crippen molar-refractivity contribution in [2.45, 2.75) is 24.7 Å². The fourth-order valence-corrected chi connectivity index (χ4v) is 5.52. The molecule has 3 aromatic rings. The van der Waals surface area contributed by atoms with Crippen molar-refractivity contribution in [2.75, 3.05) is 18.4 Å². The number of piperidine rings is 1. The molecule has 0 unspecified atom stereocenters. The van der Waals surface area contributed by atoms with Gasteiger partial charge in [-0.25, -0.2) is 12.8 Å². The molecule has 32 heavy (non-hydrogen) atoms. The van der Waals surface area contributed by atoms with E-state index >= 15 is 0 Å². The fraction of sp³-hybridized carbons (Fsp3) is 0.286. The quantitative estimate of drug-likeness (QED) is 0.596. The lowest BCUT2D eigenvalue weighted by molar-refractivity contribution is -0.120. The first-order valence-electron chi connectivity index (χ1n) is 9.91. The Morgan fingerprint density at radius 1 is 1.22 bits per heavy atom. The molecule has 0 bridgehead atoms. The fourth-order valence-electron chi connectivity index (χ4n) is 3.55. The molecular weight excluding hydrogens is 459 g/mol. The molecule has 4 rings (SSSR count). The maximum atomic E-state index is 13.8. The number of rotatable bonds is 5. The van der Waals surface area contributed by atoms with Gasteiger partial charge < -0.3 is 9.84 Å². The van der Waals surface area contributed by atoms with Gasteiger partial charge in [0, 0.05) is 31.5 Å². The molecule has 1 fully saturated rings. The average Bonchev–Trinajstić information content (AvgIpc) is 3.22. The van der Waals surface area contributed by atoms with E-state index in [4.69, 9.17) is 16.1 Å². The number of sulfonamides is 1. The summed E-state index contributed by atoms with van der Waals surface area (Å²) in [6, 6.07) is 10.4. The highest BCUT2D eigenvalue weighted by molar-refractivity contribution is 7.89. The Hall–Kier alpha value is -2.82. The molecule has 1 saturated heterocycles. The predicted octanol–water partition coefficient (Wildman–Crippen LogP) is 3.88. The van der Waals surface area contributed by atoms with Crippen LogP contribution in [0.1, 0.15) is 18.7 Å². The summed E-state index contributed by atoms with van der Waals surface area (Å²) in [6.45, 7) is 1.91. The van der Waals surface area contributed by atoms with E-state index in [1.54, 1.807) is 19.1 Å². The molecule has 168 valence electrons. The van der Waals surface area contributed by atoms with E-state index in [2.05, 4.69) is 15.5 Å². The van der Waals surface area contributed by atoms with Crippen LogP contribution in [0.5, 0.6) is 0 Å². The smallest absolute Gasteiger partial charge is 0.244 e. The number of hydrogen-bond donors (Lipinski definition) is 1. The van der Waals surface area contributed by atoms with Crippen LogP contribution < -0.4 is 5.32 Å². The second kappa shape index (κ2) is 8.97. The number of amides is 1. The number of aromatic nitrogens is 2. The summed E-state index contributed by atoms with van der Waals surface area (Å²) < 4.78 is 46.5. The van der Waals surface area contributed by atoms with Gasteiger partial charge in [0.25, 0.3) is 0 Å². The van der Waals surface area contributed by atoms with Crippen LogP contribution in [-0.4, -0.2) is 41.9 Å². The summed E-state index contributed by atoms with van der Waals surface area (Å²) in [7, 11) is -3.91. The van der Waals surface area contributed by atoms with Crippen LogP contribution in [0.25, 0.3) is 11.4 Å². The molecular formula is C21H20ClFN4O4S. The lowest BCUT2D eigenvalue weighted by atomic mass is 9.97. The van der Waals surface area contributed by atoms with E-state index in [-0.39, 0.29) is 40.4 Å². The third-order valence-electron chi connectivity index (χ3n) is 5.29. The van der Waals surface area contributed by atoms with Crippen LogP contribution >= 0.6 is 11.6 Å². The summed E-state index contributed by atoms with van der Waals surface area (Å²) in [4.78, 5) is 16.6. The van der Waals surface area contributed by atoms with Gasteiger partial charge in [0.2, 0.25) is 27.6 Å². The molecule has 11 heteroatoms. The van der Waals surface area contributed by atoms with Gasteiger partial charge in [-0.05, 0) is 43.2 Å². The summed E-state index contributed by atoms with van der Waals surface area (Å²) in [5.41, 5.74) is 0.567. The molecule has 2 heterocycles. The predicted molar refractivity (Wildman–Crippen MR) is 116 cm³/mol. The number of benzene rings is 2. The summed E-state index contributed by atoms with van der Waals surface area (Å²) >= 11 is 6.21. The van der Waals surface area contributed by atoms with Crippen molar-refractivity contribution in [1.82, 2.24) is 14.4 Å². The zero-order valence-electron chi connectivity index (χ0n) is 17.1. The van der Waals surface area contributed by atoms with Crippen LogP contribution in [0.2, 0.25) is 5.02 Å². The number of hydrogen-bond acceptors (Lipinski definition) is 6. The second-order valence-electron chi connectivity index (χ2n) is 7.43. The van der Waals surface area contributed by atoms with Crippen molar-refractivity contribution in [1.29, 1.82) is 0 Å². The van der Waals surface area contributed by atoms with E-state index in [0.29, 0.717) is 24.3 Å². The van der Waals surface area contributed by atoms with Gasteiger partial charge in [-0.3, -0.25) is 4.79 Å². The number of para-hydroxylation sites is 1. The van der Waals surface area contributed by atoms with Crippen LogP contribution in [0.15, 0.2) is 51.9 Å². The van der Waals surface area contributed by atoms with Crippen LogP contribution in [0.4, 0.5) is 10.1 Å². The van der Waals surface area contributed by atoms with Gasteiger partial charge in [-0.1, -0.05) is 28.9 Å². The van der Waals surface area contributed by atoms with Crippen molar-refractivity contribution in [3.05, 3.63) is 59.2 Å². The molecule has 0 radical (unpaired) electrons. The highest BCUT2D eigenvalue weighted by Gasteiger charge is 2.33. The van der Waals surface area contributed by atoms with Crippen LogP contribution in [0.3, 0.4) is 0 Å². The molecule has 0 atom stereocenters. The maximum Gasteiger partial charge on any atom is 0.244 e. The minimum absolute atomic E-state index is 0.0617. The van der Waals surface area contributed by atoms with Crippen molar-refractivity contribution < 1.29 is 22.1 Å². The maximum absolute atomic E-state index is 13.8. The number of halogens is 2. The van der Waals surface area contributed by atoms with Crippen LogP contribution in [-0.2, 0) is 14.8 Å². The Kier molecular flexibility index (Phi) is 6.27. The van der Waals surface area contributed by atoms with E-state index in [0.717, 1.165) is 0 Å². The van der Waals surface area contributed by atoms with Crippen molar-refractivity contribution in [3.63, 3.8) is 0 Å². The zero-order chi connectivity index (χ0) is 22.9. The standard InChI is InChI=1S/C21H20ClFN4O4S/c1-13-24-20(26-31-13)15-6-7-16(22)19(12-15)32(29,30)27-10-8-14(9-11-27)21(28)25-18-5-3-2-4-17(18)23/h2-7,12,14H,8-11H2,1H3,(H,25,28). The first-order valence-corrected chi connectivity index (χ1v) is 11.7. The summed E-state index contributed by atoms with van der Waals surface area (Å²) in [5, 5.41) is 6.47. The first kappa shape index (κ1) is 22.4. The minimum atomic E-state index is -3.91. The molecule has 1 amide bonds. The highest BCUT2D eigenvalue weighted by Crippen LogP contribution is 2.31. The molecule has 1 N–H and O–H groups in total. The van der Waals surface area contributed by atoms with Gasteiger partial charge in [-0.15, -0.1) is 0 Å². The number of nitrogens with one attached hydrogen (secondary N) is 1. The normalized spacial score (nSPS) is 15.6. The van der Waals surface area contributed by atoms with E-state index in [1.165, 1.54) is 34.6 Å². The van der Waals surface area contributed by atoms with Crippen LogP contribution in [0, 0.1) is 18.7 Å². The minimum Gasteiger partial charge on any atom is -0.339 e. The lowest BCUT2D eigenvalue weighted by Crippen LogP contribution is -2.41. The van der Waals surface area contributed by atoms with E-state index in [1.807, 2.05) is 0 Å². The molecule has 1 aromatic heterocycles. The first-order chi connectivity index (χ1) is 15.3. The van der Waals surface area contributed by atoms with E-state index < -0.39 is 21.8 Å². The van der Waals surface area contributed by atoms with Gasteiger partial charge in [0.1, 0.15) is 10.7 Å². The van der Waals surface area contributed by atoms with Crippen molar-refractivity contribution >= 4 is 33.2 Å². The summed E-state index contributed by atoms with van der Waals surface area (Å²) in [6.07, 6.45) is 0.613.